The zero-order valence-corrected chi connectivity index (χ0v) is 20.2. The molecule has 34 heavy (non-hydrogen) atoms. The van der Waals surface area contributed by atoms with Gasteiger partial charge in [0, 0.05) is 30.6 Å². The molecule has 2 heterocycles. The molecule has 0 bridgehead atoms. The van der Waals surface area contributed by atoms with E-state index in [-0.39, 0.29) is 23.8 Å². The van der Waals surface area contributed by atoms with Gasteiger partial charge in [-0.3, -0.25) is 4.79 Å². The molecule has 7 heteroatoms. The number of rotatable bonds is 6. The molecule has 0 unspecified atom stereocenters. The van der Waals surface area contributed by atoms with E-state index in [4.69, 9.17) is 9.47 Å². The van der Waals surface area contributed by atoms with Gasteiger partial charge in [-0.1, -0.05) is 17.7 Å². The Hall–Kier alpha value is -3.48. The van der Waals surface area contributed by atoms with E-state index < -0.39 is 5.97 Å². The van der Waals surface area contributed by atoms with Crippen LogP contribution in [0.25, 0.3) is 0 Å². The molecule has 4 rings (SSSR count). The molecule has 2 aliphatic heterocycles. The fourth-order valence-corrected chi connectivity index (χ4v) is 4.80. The van der Waals surface area contributed by atoms with Crippen LogP contribution in [0, 0.1) is 13.8 Å². The summed E-state index contributed by atoms with van der Waals surface area (Å²) in [6.07, 6.45) is 4.09. The maximum Gasteiger partial charge on any atom is 0.342 e. The molecule has 180 valence electrons. The lowest BCUT2D eigenvalue weighted by Crippen LogP contribution is -2.35. The van der Waals surface area contributed by atoms with Crippen LogP contribution >= 0.6 is 0 Å². The molecule has 0 aromatic heterocycles. The van der Waals surface area contributed by atoms with Crippen molar-refractivity contribution in [3.63, 3.8) is 0 Å². The molecular formula is C27H31NO6. The van der Waals surface area contributed by atoms with E-state index in [0.717, 1.165) is 34.2 Å². The number of aromatic hydroxyl groups is 2. The standard InChI is InChI=1S/C27H31NO6/c1-15(5-7-20-25(31)24-21(14-34-27(24)32)17(3)26(20)33-4)6-8-23(30)28-10-9-18-12-22(29)16(2)11-19(18)13-28/h5,11-12,29,31H,6-10,13-14H2,1-4H3/b15-5+. The number of carbonyl (C=O) groups is 2. The first-order chi connectivity index (χ1) is 16.2. The number of hydrogen-bond acceptors (Lipinski definition) is 6. The number of carbonyl (C=O) groups excluding carboxylic acids is 2. The van der Waals surface area contributed by atoms with Crippen LogP contribution in [-0.2, 0) is 35.5 Å². The molecule has 2 N–H and O–H groups in total. The summed E-state index contributed by atoms with van der Waals surface area (Å²) in [4.78, 5) is 26.8. The quantitative estimate of drug-likeness (QED) is 0.489. The van der Waals surface area contributed by atoms with Gasteiger partial charge in [-0.25, -0.2) is 4.79 Å². The van der Waals surface area contributed by atoms with Gasteiger partial charge in [0.15, 0.2) is 0 Å². The second-order valence-electron chi connectivity index (χ2n) is 9.14. The van der Waals surface area contributed by atoms with Gasteiger partial charge in [0.25, 0.3) is 0 Å². The topological polar surface area (TPSA) is 96.3 Å². The van der Waals surface area contributed by atoms with Crippen molar-refractivity contribution in [3.05, 3.63) is 62.7 Å². The average Bonchev–Trinajstić information content (AvgIpc) is 3.21. The number of cyclic esters (lactones) is 1. The second-order valence-corrected chi connectivity index (χ2v) is 9.14. The van der Waals surface area contributed by atoms with Crippen LogP contribution in [-0.4, -0.2) is 40.6 Å². The summed E-state index contributed by atoms with van der Waals surface area (Å²) in [5, 5.41) is 20.7. The lowest BCUT2D eigenvalue weighted by Gasteiger charge is -2.29. The Kier molecular flexibility index (Phi) is 6.55. The molecule has 2 aliphatic rings. The molecule has 7 nitrogen and oxygen atoms in total. The number of fused-ring (bicyclic) bond motifs is 2. The van der Waals surface area contributed by atoms with Crippen molar-refractivity contribution in [3.8, 4) is 17.2 Å². The van der Waals surface area contributed by atoms with E-state index >= 15 is 0 Å². The minimum absolute atomic E-state index is 0.0895. The number of hydrogen-bond donors (Lipinski definition) is 2. The summed E-state index contributed by atoms with van der Waals surface area (Å²) in [5.41, 5.74) is 6.28. The van der Waals surface area contributed by atoms with Gasteiger partial charge in [0.05, 0.1) is 7.11 Å². The summed E-state index contributed by atoms with van der Waals surface area (Å²) in [5.74, 6) is 0.355. The van der Waals surface area contributed by atoms with Crippen LogP contribution in [0.1, 0.15) is 63.5 Å². The Bertz CT molecular complexity index is 1200. The average molecular weight is 466 g/mol. The Labute approximate surface area is 199 Å². The van der Waals surface area contributed by atoms with Gasteiger partial charge in [-0.05, 0) is 68.4 Å². The van der Waals surface area contributed by atoms with E-state index in [1.54, 1.807) is 7.11 Å². The number of esters is 1. The predicted molar refractivity (Wildman–Crippen MR) is 127 cm³/mol. The van der Waals surface area contributed by atoms with E-state index in [0.29, 0.717) is 55.0 Å². The van der Waals surface area contributed by atoms with Gasteiger partial charge >= 0.3 is 5.97 Å². The summed E-state index contributed by atoms with van der Waals surface area (Å²) in [6, 6.07) is 3.77. The minimum atomic E-state index is -0.515. The molecule has 0 aliphatic carbocycles. The predicted octanol–water partition coefficient (Wildman–Crippen LogP) is 4.25. The highest BCUT2D eigenvalue weighted by molar-refractivity contribution is 5.98. The molecule has 0 spiro atoms. The highest BCUT2D eigenvalue weighted by atomic mass is 16.5. The van der Waals surface area contributed by atoms with E-state index in [2.05, 4.69) is 0 Å². The van der Waals surface area contributed by atoms with Gasteiger partial charge < -0.3 is 24.6 Å². The number of nitrogens with zero attached hydrogens (tertiary/aromatic N) is 1. The molecule has 0 saturated heterocycles. The summed E-state index contributed by atoms with van der Waals surface area (Å²) in [7, 11) is 1.55. The van der Waals surface area contributed by atoms with Crippen molar-refractivity contribution in [1.29, 1.82) is 0 Å². The van der Waals surface area contributed by atoms with Crippen molar-refractivity contribution in [2.45, 2.75) is 59.6 Å². The largest absolute Gasteiger partial charge is 0.508 e. The zero-order valence-electron chi connectivity index (χ0n) is 20.2. The number of phenolic OH excluding ortho intramolecular Hbond substituents is 2. The molecule has 0 atom stereocenters. The normalized spacial score (nSPS) is 15.1. The van der Waals surface area contributed by atoms with Crippen LogP contribution in [0.15, 0.2) is 23.8 Å². The number of methoxy groups -OCH3 is 1. The monoisotopic (exact) mass is 465 g/mol. The smallest absolute Gasteiger partial charge is 0.342 e. The van der Waals surface area contributed by atoms with Gasteiger partial charge in [0.1, 0.15) is 29.4 Å². The first-order valence-electron chi connectivity index (χ1n) is 11.5. The number of benzene rings is 2. The zero-order chi connectivity index (χ0) is 24.6. The molecule has 0 saturated carbocycles. The van der Waals surface area contributed by atoms with E-state index in [1.165, 1.54) is 0 Å². The number of allylic oxidation sites excluding steroid dienone is 2. The third-order valence-corrected chi connectivity index (χ3v) is 6.92. The van der Waals surface area contributed by atoms with E-state index in [1.807, 2.05) is 43.9 Å². The Balaban J connectivity index is 1.41. The lowest BCUT2D eigenvalue weighted by molar-refractivity contribution is -0.132. The Morgan fingerprint density at radius 2 is 1.97 bits per heavy atom. The van der Waals surface area contributed by atoms with Gasteiger partial charge in [0.2, 0.25) is 5.91 Å². The number of aryl methyl sites for hydroxylation is 1. The molecule has 2 aromatic carbocycles. The molecule has 0 radical (unpaired) electrons. The highest BCUT2D eigenvalue weighted by Crippen LogP contribution is 2.42. The minimum Gasteiger partial charge on any atom is -0.508 e. The SMILES string of the molecule is COc1c(C)c2c(c(O)c1C/C=C(\C)CCC(=O)N1CCc3cc(O)c(C)cc3C1)C(=O)OC2. The summed E-state index contributed by atoms with van der Waals surface area (Å²) in [6.45, 7) is 7.03. The number of ether oxygens (including phenoxy) is 2. The van der Waals surface area contributed by atoms with Crippen molar-refractivity contribution in [2.75, 3.05) is 13.7 Å². The summed E-state index contributed by atoms with van der Waals surface area (Å²) >= 11 is 0. The molecule has 0 fully saturated rings. The fourth-order valence-electron chi connectivity index (χ4n) is 4.80. The maximum absolute atomic E-state index is 12.8. The molecular weight excluding hydrogens is 434 g/mol. The molecule has 1 amide bonds. The van der Waals surface area contributed by atoms with E-state index in [9.17, 15) is 19.8 Å². The van der Waals surface area contributed by atoms with Crippen molar-refractivity contribution >= 4 is 11.9 Å². The second kappa shape index (κ2) is 9.41. The van der Waals surface area contributed by atoms with Crippen LogP contribution < -0.4 is 4.74 Å². The fraction of sp³-hybridized carbons (Fsp3) is 0.407. The van der Waals surface area contributed by atoms with Crippen LogP contribution in [0.5, 0.6) is 17.2 Å². The summed E-state index contributed by atoms with van der Waals surface area (Å²) < 4.78 is 10.6. The van der Waals surface area contributed by atoms with Crippen molar-refractivity contribution < 1.29 is 29.3 Å². The van der Waals surface area contributed by atoms with Gasteiger partial charge in [-0.2, -0.15) is 0 Å². The maximum atomic E-state index is 12.8. The van der Waals surface area contributed by atoms with Gasteiger partial charge in [-0.15, -0.1) is 0 Å². The Morgan fingerprint density at radius 3 is 2.71 bits per heavy atom. The van der Waals surface area contributed by atoms with Crippen molar-refractivity contribution in [1.82, 2.24) is 4.90 Å². The molecule has 2 aromatic rings. The lowest BCUT2D eigenvalue weighted by atomic mass is 9.94. The third kappa shape index (κ3) is 4.34. The number of amides is 1. The van der Waals surface area contributed by atoms with Crippen molar-refractivity contribution in [2.24, 2.45) is 0 Å². The first kappa shape index (κ1) is 23.7. The first-order valence-corrected chi connectivity index (χ1v) is 11.5. The Morgan fingerprint density at radius 1 is 1.21 bits per heavy atom. The van der Waals surface area contributed by atoms with Crippen LogP contribution in [0.4, 0.5) is 0 Å². The highest BCUT2D eigenvalue weighted by Gasteiger charge is 2.32. The van der Waals surface area contributed by atoms with Crippen LogP contribution in [0.3, 0.4) is 0 Å². The number of phenols is 2. The van der Waals surface area contributed by atoms with Crippen LogP contribution in [0.2, 0.25) is 0 Å². The third-order valence-electron chi connectivity index (χ3n) is 6.92.